The van der Waals surface area contributed by atoms with Crippen LogP contribution >= 0.6 is 23.2 Å². The highest BCUT2D eigenvalue weighted by molar-refractivity contribution is 6.38. The first-order valence-corrected chi connectivity index (χ1v) is 8.83. The Morgan fingerprint density at radius 1 is 1.07 bits per heavy atom. The fraction of sp³-hybridized carbons (Fsp3) is 0.0526. The molecule has 0 aliphatic rings. The van der Waals surface area contributed by atoms with Crippen LogP contribution in [0.4, 0.5) is 5.69 Å². The maximum absolute atomic E-state index is 12.6. The number of anilines is 1. The van der Waals surface area contributed by atoms with E-state index >= 15 is 0 Å². The Morgan fingerprint density at radius 3 is 2.63 bits per heavy atom. The van der Waals surface area contributed by atoms with Crippen LogP contribution in [-0.4, -0.2) is 25.7 Å². The predicted octanol–water partition coefficient (Wildman–Crippen LogP) is 4.43. The molecule has 1 N–H and O–H groups in total. The molecule has 8 heteroatoms. The van der Waals surface area contributed by atoms with Gasteiger partial charge in [-0.15, -0.1) is 0 Å². The maximum atomic E-state index is 12.6. The first-order chi connectivity index (χ1) is 13.1. The number of benzene rings is 1. The molecule has 0 radical (unpaired) electrons. The summed E-state index contributed by atoms with van der Waals surface area (Å²) in [5.74, 6) is -0.350. The van der Waals surface area contributed by atoms with Crippen LogP contribution in [0, 0.1) is 0 Å². The summed E-state index contributed by atoms with van der Waals surface area (Å²) < 4.78 is 1.72. The van der Waals surface area contributed by atoms with Gasteiger partial charge in [0.05, 0.1) is 28.7 Å². The lowest BCUT2D eigenvalue weighted by atomic mass is 10.2. The van der Waals surface area contributed by atoms with Gasteiger partial charge in [-0.25, -0.2) is 9.67 Å². The van der Waals surface area contributed by atoms with Gasteiger partial charge in [-0.2, -0.15) is 5.10 Å². The number of pyridine rings is 2. The second-order valence-corrected chi connectivity index (χ2v) is 6.66. The SMILES string of the molecule is O=C(Nc1ccc(Cl)cc1)c1cnc2c(cnn2Cc2cccnc2)c1Cl. The van der Waals surface area contributed by atoms with Gasteiger partial charge < -0.3 is 5.32 Å². The van der Waals surface area contributed by atoms with Gasteiger partial charge in [-0.05, 0) is 35.9 Å². The minimum absolute atomic E-state index is 0.278. The van der Waals surface area contributed by atoms with E-state index in [0.29, 0.717) is 33.3 Å². The third kappa shape index (κ3) is 3.63. The molecule has 0 aliphatic carbocycles. The number of halogens is 2. The Kier molecular flexibility index (Phi) is 4.75. The van der Waals surface area contributed by atoms with Gasteiger partial charge in [0, 0.05) is 29.3 Å². The molecule has 0 spiro atoms. The van der Waals surface area contributed by atoms with E-state index < -0.39 is 0 Å². The quantitative estimate of drug-likeness (QED) is 0.552. The van der Waals surface area contributed by atoms with E-state index in [1.165, 1.54) is 6.20 Å². The molecule has 0 saturated heterocycles. The van der Waals surface area contributed by atoms with Crippen molar-refractivity contribution in [1.82, 2.24) is 19.7 Å². The fourth-order valence-corrected chi connectivity index (χ4v) is 3.06. The summed E-state index contributed by atoms with van der Waals surface area (Å²) in [4.78, 5) is 21.0. The van der Waals surface area contributed by atoms with Crippen LogP contribution in [0.15, 0.2) is 61.2 Å². The number of nitrogens with zero attached hydrogens (tertiary/aromatic N) is 4. The zero-order valence-corrected chi connectivity index (χ0v) is 15.4. The van der Waals surface area contributed by atoms with E-state index in [4.69, 9.17) is 23.2 Å². The molecule has 4 rings (SSSR count). The third-order valence-corrected chi connectivity index (χ3v) is 4.66. The number of hydrogen-bond donors (Lipinski definition) is 1. The van der Waals surface area contributed by atoms with Crippen molar-refractivity contribution >= 4 is 45.8 Å². The van der Waals surface area contributed by atoms with Crippen molar-refractivity contribution in [1.29, 1.82) is 0 Å². The summed E-state index contributed by atoms with van der Waals surface area (Å²) in [5.41, 5.74) is 2.49. The smallest absolute Gasteiger partial charge is 0.258 e. The van der Waals surface area contributed by atoms with Gasteiger partial charge in [0.25, 0.3) is 5.91 Å². The van der Waals surface area contributed by atoms with Crippen LogP contribution in [0.1, 0.15) is 15.9 Å². The van der Waals surface area contributed by atoms with Gasteiger partial charge in [0.2, 0.25) is 0 Å². The highest BCUT2D eigenvalue weighted by atomic mass is 35.5. The average molecular weight is 398 g/mol. The summed E-state index contributed by atoms with van der Waals surface area (Å²) in [5, 5.41) is 8.64. The molecular weight excluding hydrogens is 385 g/mol. The molecule has 27 heavy (non-hydrogen) atoms. The molecule has 4 aromatic rings. The lowest BCUT2D eigenvalue weighted by Gasteiger charge is -2.08. The largest absolute Gasteiger partial charge is 0.322 e. The van der Waals surface area contributed by atoms with Gasteiger partial charge >= 0.3 is 0 Å². The molecule has 0 bridgehead atoms. The zero-order valence-electron chi connectivity index (χ0n) is 13.9. The summed E-state index contributed by atoms with van der Waals surface area (Å²) in [6.07, 6.45) is 6.55. The van der Waals surface area contributed by atoms with Crippen molar-refractivity contribution in [3.8, 4) is 0 Å². The minimum Gasteiger partial charge on any atom is -0.322 e. The Bertz CT molecular complexity index is 1110. The normalized spacial score (nSPS) is 10.9. The van der Waals surface area contributed by atoms with Crippen LogP contribution in [-0.2, 0) is 6.54 Å². The molecule has 3 heterocycles. The number of carbonyl (C=O) groups is 1. The highest BCUT2D eigenvalue weighted by Gasteiger charge is 2.17. The van der Waals surface area contributed by atoms with E-state index in [2.05, 4.69) is 20.4 Å². The van der Waals surface area contributed by atoms with E-state index in [-0.39, 0.29) is 11.5 Å². The van der Waals surface area contributed by atoms with Gasteiger partial charge in [0.1, 0.15) is 0 Å². The molecular formula is C19H13Cl2N5O. The molecule has 0 atom stereocenters. The second kappa shape index (κ2) is 7.34. The number of carbonyl (C=O) groups excluding carboxylic acids is 1. The standard InChI is InChI=1S/C19H13Cl2N5O/c20-13-3-5-14(6-4-13)25-19(27)16-9-23-18-15(17(16)21)10-24-26(18)11-12-2-1-7-22-8-12/h1-10H,11H2,(H,25,27). The molecule has 3 aromatic heterocycles. The molecule has 134 valence electrons. The van der Waals surface area contributed by atoms with Crippen molar-refractivity contribution < 1.29 is 4.79 Å². The molecule has 0 aliphatic heterocycles. The lowest BCUT2D eigenvalue weighted by Crippen LogP contribution is -2.13. The number of nitrogens with one attached hydrogen (secondary N) is 1. The lowest BCUT2D eigenvalue weighted by molar-refractivity contribution is 0.102. The summed E-state index contributed by atoms with van der Waals surface area (Å²) >= 11 is 12.3. The van der Waals surface area contributed by atoms with Crippen LogP contribution in [0.3, 0.4) is 0 Å². The van der Waals surface area contributed by atoms with Gasteiger partial charge in [0.15, 0.2) is 5.65 Å². The molecule has 1 aromatic carbocycles. The summed E-state index contributed by atoms with van der Waals surface area (Å²) in [6.45, 7) is 0.511. The average Bonchev–Trinajstić information content (AvgIpc) is 3.08. The highest BCUT2D eigenvalue weighted by Crippen LogP contribution is 2.26. The van der Waals surface area contributed by atoms with Crippen LogP contribution in [0.5, 0.6) is 0 Å². The second-order valence-electron chi connectivity index (χ2n) is 5.85. The zero-order chi connectivity index (χ0) is 18.8. The number of amides is 1. The molecule has 0 fully saturated rings. The van der Waals surface area contributed by atoms with Crippen LogP contribution in [0.2, 0.25) is 10.0 Å². The van der Waals surface area contributed by atoms with E-state index in [1.807, 2.05) is 12.1 Å². The van der Waals surface area contributed by atoms with Crippen molar-refractivity contribution in [3.63, 3.8) is 0 Å². The Labute approximate surface area is 164 Å². The van der Waals surface area contributed by atoms with E-state index in [1.54, 1.807) is 47.5 Å². The first-order valence-electron chi connectivity index (χ1n) is 8.07. The van der Waals surface area contributed by atoms with Crippen molar-refractivity contribution in [2.75, 3.05) is 5.32 Å². The van der Waals surface area contributed by atoms with E-state index in [0.717, 1.165) is 5.56 Å². The molecule has 6 nitrogen and oxygen atoms in total. The molecule has 0 unspecified atom stereocenters. The van der Waals surface area contributed by atoms with Gasteiger partial charge in [-0.1, -0.05) is 29.3 Å². The van der Waals surface area contributed by atoms with Crippen molar-refractivity contribution in [3.05, 3.63) is 82.4 Å². The maximum Gasteiger partial charge on any atom is 0.258 e. The summed E-state index contributed by atoms with van der Waals surface area (Å²) in [6, 6.07) is 10.6. The van der Waals surface area contributed by atoms with Crippen molar-refractivity contribution in [2.45, 2.75) is 6.54 Å². The number of fused-ring (bicyclic) bond motifs is 1. The number of rotatable bonds is 4. The summed E-state index contributed by atoms with van der Waals surface area (Å²) in [7, 11) is 0. The van der Waals surface area contributed by atoms with Crippen molar-refractivity contribution in [2.24, 2.45) is 0 Å². The number of hydrogen-bond acceptors (Lipinski definition) is 4. The Hall–Kier alpha value is -2.96. The Morgan fingerprint density at radius 2 is 1.89 bits per heavy atom. The first kappa shape index (κ1) is 17.5. The van der Waals surface area contributed by atoms with Gasteiger partial charge in [-0.3, -0.25) is 9.78 Å². The monoisotopic (exact) mass is 397 g/mol. The van der Waals surface area contributed by atoms with Crippen LogP contribution in [0.25, 0.3) is 11.0 Å². The molecule has 0 saturated carbocycles. The minimum atomic E-state index is -0.350. The number of aromatic nitrogens is 4. The Balaban J connectivity index is 1.62. The third-order valence-electron chi connectivity index (χ3n) is 4.00. The van der Waals surface area contributed by atoms with E-state index in [9.17, 15) is 4.79 Å². The molecule has 1 amide bonds. The topological polar surface area (TPSA) is 72.7 Å². The predicted molar refractivity (Wildman–Crippen MR) is 105 cm³/mol. The van der Waals surface area contributed by atoms with Crippen LogP contribution < -0.4 is 5.32 Å². The fourth-order valence-electron chi connectivity index (χ4n) is 2.67.